The zero-order valence-corrected chi connectivity index (χ0v) is 8.69. The Bertz CT molecular complexity index is 242. The van der Waals surface area contributed by atoms with Gasteiger partial charge in [-0.15, -0.1) is 5.10 Å². The van der Waals surface area contributed by atoms with Gasteiger partial charge in [0.2, 0.25) is 0 Å². The molecule has 0 bridgehead atoms. The summed E-state index contributed by atoms with van der Waals surface area (Å²) in [5.41, 5.74) is 0. The topological polar surface area (TPSA) is 43.6 Å². The van der Waals surface area contributed by atoms with Gasteiger partial charge in [0.25, 0.3) is 0 Å². The van der Waals surface area contributed by atoms with Crippen LogP contribution in [0.3, 0.4) is 0 Å². The second kappa shape index (κ2) is 4.94. The lowest BCUT2D eigenvalue weighted by Crippen LogP contribution is -2.07. The van der Waals surface area contributed by atoms with E-state index in [2.05, 4.69) is 36.3 Å². The summed E-state index contributed by atoms with van der Waals surface area (Å²) in [6.45, 7) is 7.51. The summed E-state index contributed by atoms with van der Waals surface area (Å²) in [5.74, 6) is 1.72. The van der Waals surface area contributed by atoms with Crippen molar-refractivity contribution in [3.05, 3.63) is 5.82 Å². The van der Waals surface area contributed by atoms with Crippen molar-refractivity contribution in [3.8, 4) is 0 Å². The van der Waals surface area contributed by atoms with E-state index in [1.54, 1.807) is 0 Å². The predicted molar refractivity (Wildman–Crippen MR) is 51.3 cm³/mol. The zero-order valence-electron chi connectivity index (χ0n) is 8.69. The maximum absolute atomic E-state index is 3.99. The van der Waals surface area contributed by atoms with E-state index < -0.39 is 0 Å². The second-order valence-corrected chi connectivity index (χ2v) is 3.75. The molecule has 0 aliphatic carbocycles. The lowest BCUT2D eigenvalue weighted by molar-refractivity contribution is 0.466. The van der Waals surface area contributed by atoms with Crippen LogP contribution < -0.4 is 0 Å². The Labute approximate surface area is 79.3 Å². The van der Waals surface area contributed by atoms with Gasteiger partial charge in [0, 0.05) is 13.0 Å². The van der Waals surface area contributed by atoms with Crippen LogP contribution in [0.2, 0.25) is 0 Å². The summed E-state index contributed by atoms with van der Waals surface area (Å²) in [4.78, 5) is 0. The van der Waals surface area contributed by atoms with Gasteiger partial charge < -0.3 is 0 Å². The van der Waals surface area contributed by atoms with Crippen LogP contribution in [0, 0.1) is 5.92 Å². The number of rotatable bonds is 5. The van der Waals surface area contributed by atoms with Gasteiger partial charge >= 0.3 is 0 Å². The molecule has 0 unspecified atom stereocenters. The van der Waals surface area contributed by atoms with Crippen molar-refractivity contribution in [2.75, 3.05) is 0 Å². The molecule has 1 heterocycles. The molecule has 13 heavy (non-hydrogen) atoms. The minimum Gasteiger partial charge on any atom is -0.230 e. The molecule has 1 aromatic heterocycles. The Kier molecular flexibility index (Phi) is 3.86. The minimum absolute atomic E-state index is 0.707. The summed E-state index contributed by atoms with van der Waals surface area (Å²) < 4.78 is 1.92. The molecule has 0 spiro atoms. The summed E-state index contributed by atoms with van der Waals surface area (Å²) in [6, 6.07) is 0. The normalized spacial score (nSPS) is 11.1. The Morgan fingerprint density at radius 2 is 2.15 bits per heavy atom. The van der Waals surface area contributed by atoms with Gasteiger partial charge in [-0.3, -0.25) is 0 Å². The van der Waals surface area contributed by atoms with Crippen LogP contribution in [0.15, 0.2) is 0 Å². The first-order chi connectivity index (χ1) is 6.24. The molecule has 1 rings (SSSR count). The lowest BCUT2D eigenvalue weighted by atomic mass is 10.1. The van der Waals surface area contributed by atoms with E-state index in [0.717, 1.165) is 31.6 Å². The van der Waals surface area contributed by atoms with E-state index in [-0.39, 0.29) is 0 Å². The monoisotopic (exact) mass is 182 g/mol. The van der Waals surface area contributed by atoms with Crippen LogP contribution in [0.1, 0.15) is 39.4 Å². The van der Waals surface area contributed by atoms with Gasteiger partial charge in [0.05, 0.1) is 0 Å². The standard InChI is InChI=1S/C9H18N4/c1-4-5-9-10-11-12-13(9)7-6-8(2)3/h8H,4-7H2,1-3H3. The molecule has 0 saturated carbocycles. The molecule has 0 aromatic carbocycles. The number of aryl methyl sites for hydroxylation is 2. The number of aromatic nitrogens is 4. The van der Waals surface area contributed by atoms with Crippen molar-refractivity contribution >= 4 is 0 Å². The lowest BCUT2D eigenvalue weighted by Gasteiger charge is -2.05. The van der Waals surface area contributed by atoms with Gasteiger partial charge in [-0.2, -0.15) is 0 Å². The Hall–Kier alpha value is -0.930. The van der Waals surface area contributed by atoms with Crippen molar-refractivity contribution in [1.82, 2.24) is 20.2 Å². The van der Waals surface area contributed by atoms with Gasteiger partial charge in [-0.05, 0) is 29.2 Å². The number of hydrogen-bond acceptors (Lipinski definition) is 3. The summed E-state index contributed by atoms with van der Waals surface area (Å²) >= 11 is 0. The fourth-order valence-corrected chi connectivity index (χ4v) is 1.18. The fraction of sp³-hybridized carbons (Fsp3) is 0.889. The highest BCUT2D eigenvalue weighted by atomic mass is 15.5. The van der Waals surface area contributed by atoms with E-state index in [1.807, 2.05) is 4.68 Å². The van der Waals surface area contributed by atoms with Gasteiger partial charge in [0.1, 0.15) is 0 Å². The molecular weight excluding hydrogens is 164 g/mol. The van der Waals surface area contributed by atoms with E-state index in [9.17, 15) is 0 Å². The molecule has 0 amide bonds. The van der Waals surface area contributed by atoms with E-state index >= 15 is 0 Å². The summed E-state index contributed by atoms with van der Waals surface area (Å²) in [6.07, 6.45) is 3.22. The largest absolute Gasteiger partial charge is 0.230 e. The molecule has 0 aliphatic heterocycles. The molecule has 0 N–H and O–H groups in total. The maximum atomic E-state index is 3.99. The summed E-state index contributed by atoms with van der Waals surface area (Å²) in [5, 5.41) is 11.6. The molecule has 0 saturated heterocycles. The van der Waals surface area contributed by atoms with Crippen molar-refractivity contribution in [2.45, 2.75) is 46.6 Å². The molecule has 0 radical (unpaired) electrons. The van der Waals surface area contributed by atoms with Crippen molar-refractivity contribution in [1.29, 1.82) is 0 Å². The molecule has 1 aromatic rings. The number of tetrazole rings is 1. The molecule has 0 fully saturated rings. The van der Waals surface area contributed by atoms with Crippen LogP contribution >= 0.6 is 0 Å². The van der Waals surface area contributed by atoms with Crippen LogP contribution in [-0.4, -0.2) is 20.2 Å². The molecular formula is C9H18N4. The van der Waals surface area contributed by atoms with Crippen molar-refractivity contribution in [3.63, 3.8) is 0 Å². The highest BCUT2D eigenvalue weighted by Crippen LogP contribution is 2.04. The number of hydrogen-bond donors (Lipinski definition) is 0. The quantitative estimate of drug-likeness (QED) is 0.695. The first kappa shape index (κ1) is 10.2. The number of nitrogens with zero attached hydrogens (tertiary/aromatic N) is 4. The van der Waals surface area contributed by atoms with Crippen molar-refractivity contribution in [2.24, 2.45) is 5.92 Å². The SMILES string of the molecule is CCCc1nnnn1CCC(C)C. The molecule has 0 aliphatic rings. The van der Waals surface area contributed by atoms with E-state index in [1.165, 1.54) is 0 Å². The first-order valence-electron chi connectivity index (χ1n) is 4.99. The van der Waals surface area contributed by atoms with Crippen LogP contribution in [0.25, 0.3) is 0 Å². The minimum atomic E-state index is 0.707. The average molecular weight is 182 g/mol. The third-order valence-corrected chi connectivity index (χ3v) is 2.00. The second-order valence-electron chi connectivity index (χ2n) is 3.75. The highest BCUT2D eigenvalue weighted by Gasteiger charge is 2.04. The van der Waals surface area contributed by atoms with Crippen LogP contribution in [0.5, 0.6) is 0 Å². The smallest absolute Gasteiger partial charge is 0.151 e. The zero-order chi connectivity index (χ0) is 9.68. The third kappa shape index (κ3) is 3.13. The predicted octanol–water partition coefficient (Wildman–Crippen LogP) is 1.67. The highest BCUT2D eigenvalue weighted by molar-refractivity contribution is 4.79. The maximum Gasteiger partial charge on any atom is 0.151 e. The molecule has 0 atom stereocenters. The van der Waals surface area contributed by atoms with Gasteiger partial charge in [-0.1, -0.05) is 20.8 Å². The summed E-state index contributed by atoms with van der Waals surface area (Å²) in [7, 11) is 0. The molecule has 4 nitrogen and oxygen atoms in total. The fourth-order valence-electron chi connectivity index (χ4n) is 1.18. The van der Waals surface area contributed by atoms with E-state index in [4.69, 9.17) is 0 Å². The molecule has 4 heteroatoms. The van der Waals surface area contributed by atoms with Crippen LogP contribution in [-0.2, 0) is 13.0 Å². The molecule has 74 valence electrons. The van der Waals surface area contributed by atoms with Gasteiger partial charge in [0.15, 0.2) is 5.82 Å². The Morgan fingerprint density at radius 3 is 2.77 bits per heavy atom. The van der Waals surface area contributed by atoms with Gasteiger partial charge in [-0.25, -0.2) is 4.68 Å². The third-order valence-electron chi connectivity index (χ3n) is 2.00. The van der Waals surface area contributed by atoms with E-state index in [0.29, 0.717) is 5.92 Å². The average Bonchev–Trinajstić information content (AvgIpc) is 2.49. The Balaban J connectivity index is 2.49. The van der Waals surface area contributed by atoms with Crippen molar-refractivity contribution < 1.29 is 0 Å². The Morgan fingerprint density at radius 1 is 1.38 bits per heavy atom. The first-order valence-corrected chi connectivity index (χ1v) is 4.99. The van der Waals surface area contributed by atoms with Crippen LogP contribution in [0.4, 0.5) is 0 Å².